The molecule has 0 amide bonds. The van der Waals surface area contributed by atoms with Crippen molar-refractivity contribution in [1.29, 1.82) is 0 Å². The van der Waals surface area contributed by atoms with Crippen LogP contribution in [0.25, 0.3) is 22.3 Å². The highest BCUT2D eigenvalue weighted by molar-refractivity contribution is 5.77. The van der Waals surface area contributed by atoms with Crippen molar-refractivity contribution < 1.29 is 0 Å². The summed E-state index contributed by atoms with van der Waals surface area (Å²) in [6.07, 6.45) is 0. The minimum absolute atomic E-state index is 0.863. The summed E-state index contributed by atoms with van der Waals surface area (Å²) in [6, 6.07) is 36.7. The van der Waals surface area contributed by atoms with Crippen molar-refractivity contribution in [2.45, 2.75) is 0 Å². The predicted octanol–water partition coefficient (Wildman–Crippen LogP) is 7.44. The van der Waals surface area contributed by atoms with Crippen molar-refractivity contribution >= 4 is 11.4 Å². The van der Waals surface area contributed by atoms with Crippen LogP contribution in [0.1, 0.15) is 0 Å². The zero-order valence-electron chi connectivity index (χ0n) is 14.3. The fourth-order valence-corrected chi connectivity index (χ4v) is 2.95. The predicted molar refractivity (Wildman–Crippen MR) is 108 cm³/mol. The van der Waals surface area contributed by atoms with Gasteiger partial charge >= 0.3 is 0 Å². The lowest BCUT2D eigenvalue weighted by molar-refractivity contribution is 1.23. The Balaban J connectivity index is 1.73. The molecule has 0 spiro atoms. The Hall–Kier alpha value is -3.52. The highest BCUT2D eigenvalue weighted by Crippen LogP contribution is 2.34. The third-order valence-corrected chi connectivity index (χ3v) is 4.24. The quantitative estimate of drug-likeness (QED) is 0.346. The van der Waals surface area contributed by atoms with E-state index >= 15 is 0 Å². The first-order valence-electron chi connectivity index (χ1n) is 8.62. The van der Waals surface area contributed by atoms with Gasteiger partial charge in [-0.25, -0.2) is 0 Å². The van der Waals surface area contributed by atoms with E-state index in [2.05, 4.69) is 46.6 Å². The van der Waals surface area contributed by atoms with Crippen molar-refractivity contribution in [2.75, 3.05) is 0 Å². The molecule has 0 unspecified atom stereocenters. The van der Waals surface area contributed by atoms with Gasteiger partial charge in [0.25, 0.3) is 0 Å². The molecular formula is C24H18N2. The second kappa shape index (κ2) is 7.58. The van der Waals surface area contributed by atoms with Crippen LogP contribution in [0.2, 0.25) is 0 Å². The Bertz CT molecular complexity index is 937. The smallest absolute Gasteiger partial charge is 0.0935 e. The van der Waals surface area contributed by atoms with Crippen LogP contribution in [0.3, 0.4) is 0 Å². The maximum absolute atomic E-state index is 4.56. The molecule has 0 radical (unpaired) electrons. The molecule has 0 aliphatic carbocycles. The van der Waals surface area contributed by atoms with E-state index in [4.69, 9.17) is 0 Å². The second-order valence-electron chi connectivity index (χ2n) is 5.97. The SMILES string of the molecule is c1ccc(-c2ccccc2/N=N/c2ccccc2-c2ccccc2)cc1. The summed E-state index contributed by atoms with van der Waals surface area (Å²) >= 11 is 0. The molecule has 0 bridgehead atoms. The molecule has 26 heavy (non-hydrogen) atoms. The van der Waals surface area contributed by atoms with Crippen LogP contribution < -0.4 is 0 Å². The van der Waals surface area contributed by atoms with Gasteiger partial charge in [0.05, 0.1) is 11.4 Å². The summed E-state index contributed by atoms with van der Waals surface area (Å²) in [6.45, 7) is 0. The Morgan fingerprint density at radius 2 is 0.692 bits per heavy atom. The number of hydrogen-bond donors (Lipinski definition) is 0. The topological polar surface area (TPSA) is 24.7 Å². The van der Waals surface area contributed by atoms with Crippen LogP contribution >= 0.6 is 0 Å². The van der Waals surface area contributed by atoms with Crippen LogP contribution in [0.15, 0.2) is 119 Å². The van der Waals surface area contributed by atoms with Gasteiger partial charge in [-0.2, -0.15) is 0 Å². The fraction of sp³-hybridized carbons (Fsp3) is 0. The molecule has 0 fully saturated rings. The molecule has 0 saturated heterocycles. The number of hydrogen-bond acceptors (Lipinski definition) is 2. The minimum Gasteiger partial charge on any atom is -0.150 e. The van der Waals surface area contributed by atoms with Crippen LogP contribution in [-0.2, 0) is 0 Å². The first-order chi connectivity index (χ1) is 12.9. The van der Waals surface area contributed by atoms with Gasteiger partial charge in [0, 0.05) is 11.1 Å². The van der Waals surface area contributed by atoms with E-state index in [0.717, 1.165) is 33.6 Å². The number of rotatable bonds is 4. The fourth-order valence-electron chi connectivity index (χ4n) is 2.95. The van der Waals surface area contributed by atoms with Crippen molar-refractivity contribution in [3.05, 3.63) is 109 Å². The molecule has 0 N–H and O–H groups in total. The Morgan fingerprint density at radius 1 is 0.346 bits per heavy atom. The number of benzene rings is 4. The third kappa shape index (κ3) is 3.45. The first kappa shape index (κ1) is 16.0. The van der Waals surface area contributed by atoms with E-state index < -0.39 is 0 Å². The molecular weight excluding hydrogens is 316 g/mol. The van der Waals surface area contributed by atoms with E-state index in [1.165, 1.54) is 0 Å². The zero-order chi connectivity index (χ0) is 17.6. The number of nitrogens with zero attached hydrogens (tertiary/aromatic N) is 2. The average molecular weight is 334 g/mol. The molecule has 2 heteroatoms. The highest BCUT2D eigenvalue weighted by Gasteiger charge is 2.05. The molecule has 124 valence electrons. The average Bonchev–Trinajstić information content (AvgIpc) is 2.74. The summed E-state index contributed by atoms with van der Waals surface area (Å²) in [7, 11) is 0. The van der Waals surface area contributed by atoms with Crippen LogP contribution in [0.4, 0.5) is 11.4 Å². The van der Waals surface area contributed by atoms with Crippen LogP contribution in [0.5, 0.6) is 0 Å². The monoisotopic (exact) mass is 334 g/mol. The summed E-state index contributed by atoms with van der Waals surface area (Å²) in [5.74, 6) is 0. The maximum atomic E-state index is 4.56. The molecule has 0 atom stereocenters. The largest absolute Gasteiger partial charge is 0.150 e. The molecule has 0 heterocycles. The van der Waals surface area contributed by atoms with Gasteiger partial charge in [-0.05, 0) is 23.3 Å². The normalized spacial score (nSPS) is 10.9. The molecule has 4 aromatic rings. The Labute approximate surface area is 153 Å². The standard InChI is InChI=1S/C24H18N2/c1-3-11-19(12-4-1)21-15-7-9-17-23(21)25-26-24-18-10-8-16-22(24)20-13-5-2-6-14-20/h1-18H/b26-25+. The lowest BCUT2D eigenvalue weighted by Crippen LogP contribution is -1.79. The molecule has 0 aromatic heterocycles. The number of azo groups is 1. The molecule has 4 aromatic carbocycles. The zero-order valence-corrected chi connectivity index (χ0v) is 14.3. The molecule has 4 rings (SSSR count). The van der Waals surface area contributed by atoms with Gasteiger partial charge < -0.3 is 0 Å². The van der Waals surface area contributed by atoms with Gasteiger partial charge in [-0.15, -0.1) is 10.2 Å². The second-order valence-corrected chi connectivity index (χ2v) is 5.97. The van der Waals surface area contributed by atoms with Gasteiger partial charge in [-0.3, -0.25) is 0 Å². The van der Waals surface area contributed by atoms with Gasteiger partial charge in [0.1, 0.15) is 0 Å². The van der Waals surface area contributed by atoms with E-state index in [9.17, 15) is 0 Å². The van der Waals surface area contributed by atoms with E-state index in [-0.39, 0.29) is 0 Å². The van der Waals surface area contributed by atoms with Gasteiger partial charge in [-0.1, -0.05) is 97.1 Å². The molecule has 0 aliphatic rings. The van der Waals surface area contributed by atoms with Crippen LogP contribution in [0, 0.1) is 0 Å². The first-order valence-corrected chi connectivity index (χ1v) is 8.62. The molecule has 0 saturated carbocycles. The van der Waals surface area contributed by atoms with Crippen molar-refractivity contribution in [3.63, 3.8) is 0 Å². The molecule has 2 nitrogen and oxygen atoms in total. The lowest BCUT2D eigenvalue weighted by atomic mass is 10.0. The van der Waals surface area contributed by atoms with Gasteiger partial charge in [0.15, 0.2) is 0 Å². The summed E-state index contributed by atoms with van der Waals surface area (Å²) in [5, 5.41) is 9.13. The highest BCUT2D eigenvalue weighted by atomic mass is 15.1. The third-order valence-electron chi connectivity index (χ3n) is 4.24. The van der Waals surface area contributed by atoms with Gasteiger partial charge in [0.2, 0.25) is 0 Å². The van der Waals surface area contributed by atoms with Crippen molar-refractivity contribution in [1.82, 2.24) is 0 Å². The summed E-state index contributed by atoms with van der Waals surface area (Å²) < 4.78 is 0. The van der Waals surface area contributed by atoms with Crippen molar-refractivity contribution in [2.24, 2.45) is 10.2 Å². The Morgan fingerprint density at radius 3 is 1.12 bits per heavy atom. The van der Waals surface area contributed by atoms with E-state index in [0.29, 0.717) is 0 Å². The minimum atomic E-state index is 0.863. The van der Waals surface area contributed by atoms with E-state index in [1.807, 2.05) is 72.8 Å². The summed E-state index contributed by atoms with van der Waals surface area (Å²) in [4.78, 5) is 0. The Kier molecular flexibility index (Phi) is 4.66. The van der Waals surface area contributed by atoms with Crippen LogP contribution in [-0.4, -0.2) is 0 Å². The lowest BCUT2D eigenvalue weighted by Gasteiger charge is -2.06. The van der Waals surface area contributed by atoms with E-state index in [1.54, 1.807) is 0 Å². The van der Waals surface area contributed by atoms with Crippen molar-refractivity contribution in [3.8, 4) is 22.3 Å². The molecule has 0 aliphatic heterocycles. The maximum Gasteiger partial charge on any atom is 0.0935 e. The summed E-state index contributed by atoms with van der Waals surface area (Å²) in [5.41, 5.74) is 6.16.